The summed E-state index contributed by atoms with van der Waals surface area (Å²) in [6.07, 6.45) is 1.17. The van der Waals surface area contributed by atoms with E-state index in [-0.39, 0.29) is 24.4 Å². The second-order valence-electron chi connectivity index (χ2n) is 6.45. The molecule has 1 saturated heterocycles. The third-order valence-corrected chi connectivity index (χ3v) is 5.24. The Kier molecular flexibility index (Phi) is 6.25. The van der Waals surface area contributed by atoms with E-state index in [1.165, 1.54) is 0 Å². The van der Waals surface area contributed by atoms with Crippen LogP contribution in [0.25, 0.3) is 0 Å². The first kappa shape index (κ1) is 19.1. The van der Waals surface area contributed by atoms with Gasteiger partial charge in [-0.25, -0.2) is 0 Å². The van der Waals surface area contributed by atoms with Gasteiger partial charge in [0.1, 0.15) is 6.61 Å². The first-order valence-corrected chi connectivity index (χ1v) is 9.57. The summed E-state index contributed by atoms with van der Waals surface area (Å²) in [4.78, 5) is 26.6. The number of likely N-dealkylation sites (tertiary alicyclic amines) is 1. The lowest BCUT2D eigenvalue weighted by Crippen LogP contribution is -2.40. The summed E-state index contributed by atoms with van der Waals surface area (Å²) < 4.78 is 6.33. The average Bonchev–Trinajstić information content (AvgIpc) is 2.72. The maximum atomic E-state index is 12.5. The predicted molar refractivity (Wildman–Crippen MR) is 104 cm³/mol. The topological polar surface area (TPSA) is 70.4 Å². The van der Waals surface area contributed by atoms with Crippen LogP contribution in [0.1, 0.15) is 34.3 Å². The second-order valence-corrected chi connectivity index (χ2v) is 7.37. The fourth-order valence-electron chi connectivity index (χ4n) is 3.12. The number of nitriles is 1. The normalized spacial score (nSPS) is 14.4. The van der Waals surface area contributed by atoms with E-state index >= 15 is 0 Å². The summed E-state index contributed by atoms with van der Waals surface area (Å²) in [6.45, 7) is 1.16. The van der Waals surface area contributed by atoms with Gasteiger partial charge in [-0.3, -0.25) is 9.59 Å². The lowest BCUT2D eigenvalue weighted by molar-refractivity contribution is -0.151. The van der Waals surface area contributed by atoms with E-state index in [2.05, 4.69) is 22.0 Å². The Morgan fingerprint density at radius 2 is 1.78 bits per heavy atom. The van der Waals surface area contributed by atoms with Gasteiger partial charge in [-0.05, 0) is 43.2 Å². The quantitative estimate of drug-likeness (QED) is 0.694. The Labute approximate surface area is 166 Å². The van der Waals surface area contributed by atoms with Crippen molar-refractivity contribution in [3.63, 3.8) is 0 Å². The van der Waals surface area contributed by atoms with E-state index in [4.69, 9.17) is 10.00 Å². The Morgan fingerprint density at radius 3 is 2.44 bits per heavy atom. The van der Waals surface area contributed by atoms with Crippen LogP contribution >= 0.6 is 15.9 Å². The minimum atomic E-state index is -0.265. The number of rotatable bonds is 4. The summed E-state index contributed by atoms with van der Waals surface area (Å²) >= 11 is 3.36. The molecular formula is C21H19BrN2O3. The van der Waals surface area contributed by atoms with E-state index in [0.717, 1.165) is 4.47 Å². The second kappa shape index (κ2) is 8.83. The zero-order chi connectivity index (χ0) is 19.2. The van der Waals surface area contributed by atoms with Gasteiger partial charge in [0.15, 0.2) is 0 Å². The number of hydrogen-bond donors (Lipinski definition) is 0. The number of carbonyl (C=O) groups is 2. The zero-order valence-corrected chi connectivity index (χ0v) is 16.3. The largest absolute Gasteiger partial charge is 0.461 e. The Bertz CT molecular complexity index is 866. The first-order chi connectivity index (χ1) is 13.1. The smallest absolute Gasteiger partial charge is 0.309 e. The number of nitrogens with zero attached hydrogens (tertiary/aromatic N) is 2. The van der Waals surface area contributed by atoms with E-state index in [1.54, 1.807) is 35.2 Å². The molecule has 0 aromatic heterocycles. The minimum Gasteiger partial charge on any atom is -0.461 e. The highest BCUT2D eigenvalue weighted by molar-refractivity contribution is 9.10. The molecule has 5 nitrogen and oxygen atoms in total. The Balaban J connectivity index is 1.51. The third-order valence-electron chi connectivity index (χ3n) is 4.71. The molecule has 1 heterocycles. The van der Waals surface area contributed by atoms with Crippen molar-refractivity contribution in [2.24, 2.45) is 5.92 Å². The molecule has 27 heavy (non-hydrogen) atoms. The van der Waals surface area contributed by atoms with Gasteiger partial charge in [0.2, 0.25) is 0 Å². The van der Waals surface area contributed by atoms with Gasteiger partial charge in [0.25, 0.3) is 5.91 Å². The minimum absolute atomic E-state index is 0.0164. The maximum absolute atomic E-state index is 12.5. The number of ether oxygens (including phenoxy) is 1. The van der Waals surface area contributed by atoms with E-state index in [1.807, 2.05) is 18.2 Å². The van der Waals surface area contributed by atoms with Gasteiger partial charge in [-0.2, -0.15) is 5.26 Å². The van der Waals surface area contributed by atoms with Gasteiger partial charge in [0.05, 0.1) is 17.6 Å². The van der Waals surface area contributed by atoms with Crippen molar-refractivity contribution < 1.29 is 14.3 Å². The molecule has 1 aliphatic heterocycles. The molecule has 138 valence electrons. The van der Waals surface area contributed by atoms with Crippen LogP contribution in [-0.4, -0.2) is 29.9 Å². The molecule has 1 amide bonds. The molecule has 3 rings (SSSR count). The van der Waals surface area contributed by atoms with Crippen LogP contribution in [0.4, 0.5) is 0 Å². The maximum Gasteiger partial charge on any atom is 0.309 e. The van der Waals surface area contributed by atoms with Gasteiger partial charge >= 0.3 is 5.97 Å². The summed E-state index contributed by atoms with van der Waals surface area (Å²) in [5, 5.41) is 9.09. The van der Waals surface area contributed by atoms with Crippen LogP contribution in [0, 0.1) is 17.2 Å². The number of esters is 1. The van der Waals surface area contributed by atoms with Crippen LogP contribution < -0.4 is 0 Å². The van der Waals surface area contributed by atoms with Crippen LogP contribution in [0.5, 0.6) is 0 Å². The number of benzene rings is 2. The van der Waals surface area contributed by atoms with E-state index < -0.39 is 0 Å². The molecule has 6 heteroatoms. The van der Waals surface area contributed by atoms with Crippen LogP contribution in [-0.2, 0) is 16.1 Å². The van der Waals surface area contributed by atoms with Crippen LogP contribution in [0.15, 0.2) is 53.0 Å². The number of carbonyl (C=O) groups excluding carboxylic acids is 2. The fraction of sp³-hybridized carbons (Fsp3) is 0.286. The lowest BCUT2D eigenvalue weighted by atomic mass is 9.96. The first-order valence-electron chi connectivity index (χ1n) is 8.78. The standard InChI is InChI=1S/C21H19BrN2O3/c22-19-7-5-15(6-8-19)20(25)24-11-9-16(10-12-24)21(26)27-14-18-4-2-1-3-17(18)13-23/h1-8,16H,9-12,14H2. The summed E-state index contributed by atoms with van der Waals surface area (Å²) in [5.41, 5.74) is 1.86. The van der Waals surface area contributed by atoms with Gasteiger partial charge in [-0.1, -0.05) is 34.1 Å². The van der Waals surface area contributed by atoms with Gasteiger partial charge < -0.3 is 9.64 Å². The molecule has 0 aliphatic carbocycles. The fourth-order valence-corrected chi connectivity index (χ4v) is 3.38. The van der Waals surface area contributed by atoms with Crippen molar-refractivity contribution in [1.82, 2.24) is 4.90 Å². The lowest BCUT2D eigenvalue weighted by Gasteiger charge is -2.31. The SMILES string of the molecule is N#Cc1ccccc1COC(=O)C1CCN(C(=O)c2ccc(Br)cc2)CC1. The molecule has 1 fully saturated rings. The monoisotopic (exact) mass is 426 g/mol. The molecular weight excluding hydrogens is 408 g/mol. The highest BCUT2D eigenvalue weighted by Crippen LogP contribution is 2.22. The van der Waals surface area contributed by atoms with Crippen LogP contribution in [0.2, 0.25) is 0 Å². The number of halogens is 1. The van der Waals surface area contributed by atoms with Crippen molar-refractivity contribution in [2.75, 3.05) is 13.1 Å². The average molecular weight is 427 g/mol. The molecule has 0 radical (unpaired) electrons. The zero-order valence-electron chi connectivity index (χ0n) is 14.7. The van der Waals surface area contributed by atoms with Crippen molar-refractivity contribution in [3.8, 4) is 6.07 Å². The molecule has 2 aromatic carbocycles. The molecule has 0 atom stereocenters. The molecule has 0 spiro atoms. The summed E-state index contributed by atoms with van der Waals surface area (Å²) in [6, 6.07) is 16.4. The highest BCUT2D eigenvalue weighted by atomic mass is 79.9. The van der Waals surface area contributed by atoms with Crippen LogP contribution in [0.3, 0.4) is 0 Å². The number of hydrogen-bond acceptors (Lipinski definition) is 4. The van der Waals surface area contributed by atoms with E-state index in [9.17, 15) is 9.59 Å². The highest BCUT2D eigenvalue weighted by Gasteiger charge is 2.28. The molecule has 1 aliphatic rings. The Morgan fingerprint density at radius 1 is 1.11 bits per heavy atom. The van der Waals surface area contributed by atoms with E-state index in [0.29, 0.717) is 42.6 Å². The summed E-state index contributed by atoms with van der Waals surface area (Å²) in [7, 11) is 0. The Hall–Kier alpha value is -2.65. The molecule has 0 N–H and O–H groups in total. The van der Waals surface area contributed by atoms with Crippen molar-refractivity contribution in [1.29, 1.82) is 5.26 Å². The van der Waals surface area contributed by atoms with Crippen molar-refractivity contribution in [3.05, 3.63) is 69.7 Å². The molecule has 2 aromatic rings. The van der Waals surface area contributed by atoms with Gasteiger partial charge in [0, 0.05) is 28.7 Å². The molecule has 0 bridgehead atoms. The summed E-state index contributed by atoms with van der Waals surface area (Å²) in [5.74, 6) is -0.496. The number of piperidine rings is 1. The van der Waals surface area contributed by atoms with Gasteiger partial charge in [-0.15, -0.1) is 0 Å². The predicted octanol–water partition coefficient (Wildman–Crippen LogP) is 3.92. The molecule has 0 saturated carbocycles. The van der Waals surface area contributed by atoms with Crippen molar-refractivity contribution in [2.45, 2.75) is 19.4 Å². The molecule has 0 unspecified atom stereocenters. The van der Waals surface area contributed by atoms with Crippen molar-refractivity contribution >= 4 is 27.8 Å². The number of amides is 1. The third kappa shape index (κ3) is 4.75.